The average Bonchev–Trinajstić information content (AvgIpc) is 2.48. The molecular weight excluding hydrogens is 274 g/mol. The molecule has 1 fully saturated rings. The van der Waals surface area contributed by atoms with Crippen molar-refractivity contribution in [3.63, 3.8) is 0 Å². The van der Waals surface area contributed by atoms with Gasteiger partial charge in [0.25, 0.3) is 0 Å². The molecule has 1 saturated carbocycles. The molecule has 0 bridgehead atoms. The number of nitrogens with one attached hydrogen (secondary N) is 1. The van der Waals surface area contributed by atoms with Crippen LogP contribution in [0.25, 0.3) is 0 Å². The highest BCUT2D eigenvalue weighted by molar-refractivity contribution is 6.29. The lowest BCUT2D eigenvalue weighted by Crippen LogP contribution is -2.29. The number of rotatable bonds is 4. The van der Waals surface area contributed by atoms with E-state index in [1.54, 1.807) is 6.20 Å². The molecule has 1 atom stereocenters. The van der Waals surface area contributed by atoms with Crippen LogP contribution in [-0.2, 0) is 4.79 Å². The first-order valence-electron chi connectivity index (χ1n) is 7.18. The Morgan fingerprint density at radius 3 is 2.75 bits per heavy atom. The maximum absolute atomic E-state index is 9.96. The summed E-state index contributed by atoms with van der Waals surface area (Å²) < 4.78 is 0. The number of carbonyl (C=O) groups is 1. The maximum atomic E-state index is 9.96. The first-order chi connectivity index (χ1) is 9.67. The van der Waals surface area contributed by atoms with Crippen molar-refractivity contribution < 1.29 is 4.79 Å². The van der Waals surface area contributed by atoms with Crippen LogP contribution in [0.2, 0.25) is 5.15 Å². The minimum atomic E-state index is 0.357. The fourth-order valence-corrected chi connectivity index (χ4v) is 2.41. The van der Waals surface area contributed by atoms with Gasteiger partial charge in [-0.15, -0.1) is 0 Å². The van der Waals surface area contributed by atoms with Gasteiger partial charge < -0.3 is 11.1 Å². The van der Waals surface area contributed by atoms with Gasteiger partial charge in [0, 0.05) is 12.2 Å². The number of pyridine rings is 1. The molecule has 1 aliphatic rings. The van der Waals surface area contributed by atoms with Gasteiger partial charge in [0.05, 0.1) is 0 Å². The van der Waals surface area contributed by atoms with Crippen molar-refractivity contribution in [1.29, 1.82) is 0 Å². The fourth-order valence-electron chi connectivity index (χ4n) is 2.23. The second kappa shape index (κ2) is 9.72. The van der Waals surface area contributed by atoms with E-state index in [1.807, 2.05) is 12.1 Å². The minimum absolute atomic E-state index is 0.357. The molecule has 1 heterocycles. The average molecular weight is 298 g/mol. The molecule has 0 saturated heterocycles. The van der Waals surface area contributed by atoms with Crippen LogP contribution < -0.4 is 11.1 Å². The first kappa shape index (κ1) is 16.9. The van der Waals surface area contributed by atoms with Crippen molar-refractivity contribution in [2.75, 3.05) is 6.54 Å². The third kappa shape index (κ3) is 6.35. The molecule has 4 nitrogen and oxygen atoms in total. The molecule has 112 valence electrons. The van der Waals surface area contributed by atoms with E-state index in [4.69, 9.17) is 17.3 Å². The van der Waals surface area contributed by atoms with Crippen molar-refractivity contribution in [2.45, 2.75) is 51.0 Å². The minimum Gasteiger partial charge on any atom is -0.356 e. The Morgan fingerprint density at radius 2 is 2.20 bits per heavy atom. The highest BCUT2D eigenvalue weighted by Crippen LogP contribution is 2.16. The van der Waals surface area contributed by atoms with E-state index in [0.717, 1.165) is 12.0 Å². The number of amides is 1. The maximum Gasteiger partial charge on any atom is 0.207 e. The number of nitrogens with zero attached hydrogens (tertiary/aromatic N) is 1. The molecular formula is C15H24ClN3O. The lowest BCUT2D eigenvalue weighted by atomic mass is 9.96. The molecule has 0 aromatic carbocycles. The van der Waals surface area contributed by atoms with Crippen molar-refractivity contribution in [3.8, 4) is 0 Å². The topological polar surface area (TPSA) is 68.0 Å². The van der Waals surface area contributed by atoms with E-state index in [1.165, 1.54) is 32.1 Å². The molecule has 0 spiro atoms. The van der Waals surface area contributed by atoms with Crippen LogP contribution in [0.4, 0.5) is 0 Å². The molecule has 1 unspecified atom stereocenters. The molecule has 2 rings (SSSR count). The van der Waals surface area contributed by atoms with Gasteiger partial charge in [-0.25, -0.2) is 4.98 Å². The number of nitrogens with two attached hydrogens (primary N) is 1. The monoisotopic (exact) mass is 297 g/mol. The second-order valence-corrected chi connectivity index (χ2v) is 5.56. The number of hydrogen-bond acceptors (Lipinski definition) is 3. The van der Waals surface area contributed by atoms with Crippen LogP contribution in [-0.4, -0.2) is 24.0 Å². The Hall–Kier alpha value is -1.13. The van der Waals surface area contributed by atoms with Gasteiger partial charge >= 0.3 is 0 Å². The SMILES string of the molecule is CC(CN)c1ccnc(Cl)c1.O=CNC1CCCCC1. The van der Waals surface area contributed by atoms with Crippen molar-refractivity contribution >= 4 is 18.0 Å². The zero-order chi connectivity index (χ0) is 14.8. The van der Waals surface area contributed by atoms with E-state index in [0.29, 0.717) is 23.7 Å². The van der Waals surface area contributed by atoms with E-state index in [9.17, 15) is 4.79 Å². The lowest BCUT2D eigenvalue weighted by molar-refractivity contribution is -0.110. The summed E-state index contributed by atoms with van der Waals surface area (Å²) in [5.41, 5.74) is 6.64. The largest absolute Gasteiger partial charge is 0.356 e. The van der Waals surface area contributed by atoms with Crippen molar-refractivity contribution in [2.24, 2.45) is 5.73 Å². The Labute approximate surface area is 126 Å². The Kier molecular flexibility index (Phi) is 8.23. The predicted molar refractivity (Wildman–Crippen MR) is 82.8 cm³/mol. The van der Waals surface area contributed by atoms with Crippen LogP contribution in [0.5, 0.6) is 0 Å². The lowest BCUT2D eigenvalue weighted by Gasteiger charge is -2.19. The van der Waals surface area contributed by atoms with Gasteiger partial charge in [0.1, 0.15) is 5.15 Å². The van der Waals surface area contributed by atoms with Crippen molar-refractivity contribution in [1.82, 2.24) is 10.3 Å². The zero-order valence-corrected chi connectivity index (χ0v) is 12.8. The summed E-state index contributed by atoms with van der Waals surface area (Å²) in [6.07, 6.45) is 8.78. The molecule has 1 amide bonds. The van der Waals surface area contributed by atoms with Crippen molar-refractivity contribution in [3.05, 3.63) is 29.0 Å². The van der Waals surface area contributed by atoms with E-state index >= 15 is 0 Å². The summed E-state index contributed by atoms with van der Waals surface area (Å²) in [6, 6.07) is 4.26. The highest BCUT2D eigenvalue weighted by atomic mass is 35.5. The van der Waals surface area contributed by atoms with Crippen LogP contribution in [0, 0.1) is 0 Å². The molecule has 20 heavy (non-hydrogen) atoms. The number of hydrogen-bond donors (Lipinski definition) is 2. The quantitative estimate of drug-likeness (QED) is 0.663. The third-order valence-electron chi connectivity index (χ3n) is 3.58. The van der Waals surface area contributed by atoms with Crippen LogP contribution in [0.3, 0.4) is 0 Å². The number of halogens is 1. The highest BCUT2D eigenvalue weighted by Gasteiger charge is 2.10. The standard InChI is InChI=1S/C8H11ClN2.C7H13NO/c1-6(5-10)7-2-3-11-8(9)4-7;9-6-8-7-4-2-1-3-5-7/h2-4,6H,5,10H2,1H3;6-7H,1-5H2,(H,8,9). The van der Waals surface area contributed by atoms with Gasteiger partial charge in [0.15, 0.2) is 0 Å². The predicted octanol–water partition coefficient (Wildman–Crippen LogP) is 2.86. The summed E-state index contributed by atoms with van der Waals surface area (Å²) >= 11 is 5.69. The van der Waals surface area contributed by atoms with Crippen LogP contribution in [0.15, 0.2) is 18.3 Å². The first-order valence-corrected chi connectivity index (χ1v) is 7.56. The van der Waals surface area contributed by atoms with E-state index < -0.39 is 0 Å². The Balaban J connectivity index is 0.000000204. The number of carbonyl (C=O) groups excluding carboxylic acids is 1. The van der Waals surface area contributed by atoms with Gasteiger partial charge in [0.2, 0.25) is 6.41 Å². The smallest absolute Gasteiger partial charge is 0.207 e. The normalized spacial score (nSPS) is 16.8. The fraction of sp³-hybridized carbons (Fsp3) is 0.600. The summed E-state index contributed by atoms with van der Waals surface area (Å²) in [6.45, 7) is 2.70. The van der Waals surface area contributed by atoms with Gasteiger partial charge in [-0.3, -0.25) is 4.79 Å². The zero-order valence-electron chi connectivity index (χ0n) is 12.0. The third-order valence-corrected chi connectivity index (χ3v) is 3.79. The summed E-state index contributed by atoms with van der Waals surface area (Å²) in [7, 11) is 0. The molecule has 0 aliphatic heterocycles. The van der Waals surface area contributed by atoms with Gasteiger partial charge in [-0.2, -0.15) is 0 Å². The summed E-state index contributed by atoms with van der Waals surface area (Å²) in [5.74, 6) is 0.357. The number of aromatic nitrogens is 1. The molecule has 0 radical (unpaired) electrons. The Bertz CT molecular complexity index is 394. The Morgan fingerprint density at radius 1 is 1.50 bits per heavy atom. The van der Waals surface area contributed by atoms with Crippen LogP contribution >= 0.6 is 11.6 Å². The van der Waals surface area contributed by atoms with Gasteiger partial charge in [-0.05, 0) is 43.0 Å². The molecule has 1 aliphatic carbocycles. The molecule has 5 heteroatoms. The van der Waals surface area contributed by atoms with Gasteiger partial charge in [-0.1, -0.05) is 37.8 Å². The van der Waals surface area contributed by atoms with E-state index in [-0.39, 0.29) is 0 Å². The molecule has 1 aromatic rings. The summed E-state index contributed by atoms with van der Waals surface area (Å²) in [4.78, 5) is 13.8. The van der Waals surface area contributed by atoms with Crippen LogP contribution in [0.1, 0.15) is 50.5 Å². The molecule has 3 N–H and O–H groups in total. The summed E-state index contributed by atoms with van der Waals surface area (Å²) in [5, 5.41) is 3.33. The molecule has 1 aromatic heterocycles. The van der Waals surface area contributed by atoms with E-state index in [2.05, 4.69) is 17.2 Å². The second-order valence-electron chi connectivity index (χ2n) is 5.17.